The summed E-state index contributed by atoms with van der Waals surface area (Å²) in [7, 11) is 0. The second kappa shape index (κ2) is 10.2. The van der Waals surface area contributed by atoms with E-state index < -0.39 is 0 Å². The summed E-state index contributed by atoms with van der Waals surface area (Å²) < 4.78 is 5.88. The topological polar surface area (TPSA) is 21.6 Å². The van der Waals surface area contributed by atoms with Crippen LogP contribution in [0.4, 0.5) is 0 Å². The standard InChI is InChI=1S/C28H25NO/c1-4-10-23(11-5-1)20-28(26-14-8-3-9-15-26)29-21-24-16-18-27(19-17-24)30-22-25-12-6-2-7-13-25/h1-19,21,28H,20,22H2. The Balaban J connectivity index is 1.44. The van der Waals surface area contributed by atoms with E-state index in [2.05, 4.69) is 60.7 Å². The SMILES string of the molecule is C(=NC(Cc1ccccc1)c1ccccc1)c1ccc(OCc2ccccc2)cc1. The summed E-state index contributed by atoms with van der Waals surface area (Å²) in [5.74, 6) is 0.861. The van der Waals surface area contributed by atoms with Gasteiger partial charge in [0.25, 0.3) is 0 Å². The van der Waals surface area contributed by atoms with Gasteiger partial charge in [0, 0.05) is 6.21 Å². The first kappa shape index (κ1) is 19.7. The van der Waals surface area contributed by atoms with Gasteiger partial charge in [0.05, 0.1) is 6.04 Å². The van der Waals surface area contributed by atoms with Gasteiger partial charge >= 0.3 is 0 Å². The lowest BCUT2D eigenvalue weighted by Gasteiger charge is -2.13. The maximum absolute atomic E-state index is 5.88. The van der Waals surface area contributed by atoms with Crippen molar-refractivity contribution in [1.29, 1.82) is 0 Å². The van der Waals surface area contributed by atoms with Gasteiger partial charge in [-0.05, 0) is 52.9 Å². The number of hydrogen-bond donors (Lipinski definition) is 0. The lowest BCUT2D eigenvalue weighted by molar-refractivity contribution is 0.306. The highest BCUT2D eigenvalue weighted by atomic mass is 16.5. The number of aliphatic imine (C=N–C) groups is 1. The van der Waals surface area contributed by atoms with Crippen molar-refractivity contribution in [1.82, 2.24) is 0 Å². The van der Waals surface area contributed by atoms with Crippen molar-refractivity contribution in [2.75, 3.05) is 0 Å². The number of ether oxygens (including phenoxy) is 1. The molecule has 4 aromatic rings. The van der Waals surface area contributed by atoms with E-state index in [1.54, 1.807) is 0 Å². The molecule has 1 unspecified atom stereocenters. The maximum atomic E-state index is 5.88. The number of benzene rings is 4. The van der Waals surface area contributed by atoms with Crippen molar-refractivity contribution in [3.8, 4) is 5.75 Å². The summed E-state index contributed by atoms with van der Waals surface area (Å²) in [5, 5.41) is 0. The maximum Gasteiger partial charge on any atom is 0.119 e. The Morgan fingerprint density at radius 3 is 1.83 bits per heavy atom. The predicted molar refractivity (Wildman–Crippen MR) is 124 cm³/mol. The lowest BCUT2D eigenvalue weighted by Crippen LogP contribution is -2.01. The molecule has 4 rings (SSSR count). The van der Waals surface area contributed by atoms with Gasteiger partial charge in [0.1, 0.15) is 12.4 Å². The minimum Gasteiger partial charge on any atom is -0.489 e. The highest BCUT2D eigenvalue weighted by molar-refractivity contribution is 5.80. The van der Waals surface area contributed by atoms with Gasteiger partial charge in [-0.25, -0.2) is 0 Å². The Labute approximate surface area is 178 Å². The van der Waals surface area contributed by atoms with Crippen molar-refractivity contribution >= 4 is 6.21 Å². The third-order valence-corrected chi connectivity index (χ3v) is 4.99. The summed E-state index contributed by atoms with van der Waals surface area (Å²) in [4.78, 5) is 4.92. The van der Waals surface area contributed by atoms with Gasteiger partial charge in [0.2, 0.25) is 0 Å². The molecule has 148 valence electrons. The zero-order valence-electron chi connectivity index (χ0n) is 16.9. The van der Waals surface area contributed by atoms with Crippen LogP contribution in [0.2, 0.25) is 0 Å². The summed E-state index contributed by atoms with van der Waals surface area (Å²) in [6.07, 6.45) is 2.83. The highest BCUT2D eigenvalue weighted by Crippen LogP contribution is 2.22. The van der Waals surface area contributed by atoms with Gasteiger partial charge in [-0.3, -0.25) is 4.99 Å². The molecule has 0 aliphatic heterocycles. The van der Waals surface area contributed by atoms with Crippen LogP contribution in [0.3, 0.4) is 0 Å². The second-order valence-corrected chi connectivity index (χ2v) is 7.24. The zero-order valence-corrected chi connectivity index (χ0v) is 16.9. The molecular formula is C28H25NO. The number of rotatable bonds is 8. The summed E-state index contributed by atoms with van der Waals surface area (Å²) in [6, 6.07) is 39.4. The molecule has 2 nitrogen and oxygen atoms in total. The Bertz CT molecular complexity index is 1040. The minimum absolute atomic E-state index is 0.0857. The first-order chi connectivity index (χ1) is 14.9. The van der Waals surface area contributed by atoms with E-state index in [1.807, 2.05) is 60.8 Å². The summed E-state index contributed by atoms with van der Waals surface area (Å²) in [6.45, 7) is 0.571. The van der Waals surface area contributed by atoms with Crippen LogP contribution < -0.4 is 4.74 Å². The molecule has 30 heavy (non-hydrogen) atoms. The molecule has 0 aliphatic carbocycles. The molecule has 0 fully saturated rings. The Morgan fingerprint density at radius 2 is 1.20 bits per heavy atom. The fourth-order valence-corrected chi connectivity index (χ4v) is 3.34. The molecule has 0 heterocycles. The molecule has 0 aliphatic rings. The zero-order chi connectivity index (χ0) is 20.4. The average molecular weight is 392 g/mol. The minimum atomic E-state index is 0.0857. The van der Waals surface area contributed by atoms with E-state index in [0.29, 0.717) is 6.61 Å². The van der Waals surface area contributed by atoms with Crippen LogP contribution in [-0.4, -0.2) is 6.21 Å². The molecular weight excluding hydrogens is 366 g/mol. The molecule has 4 aromatic carbocycles. The van der Waals surface area contributed by atoms with Gasteiger partial charge in [0.15, 0.2) is 0 Å². The third-order valence-electron chi connectivity index (χ3n) is 4.99. The van der Waals surface area contributed by atoms with Crippen LogP contribution in [0.25, 0.3) is 0 Å². The molecule has 0 saturated heterocycles. The van der Waals surface area contributed by atoms with Crippen LogP contribution in [0.15, 0.2) is 120 Å². The van der Waals surface area contributed by atoms with Crippen LogP contribution in [-0.2, 0) is 13.0 Å². The number of hydrogen-bond acceptors (Lipinski definition) is 2. The first-order valence-electron chi connectivity index (χ1n) is 10.3. The fourth-order valence-electron chi connectivity index (χ4n) is 3.34. The van der Waals surface area contributed by atoms with Crippen LogP contribution in [0, 0.1) is 0 Å². The van der Waals surface area contributed by atoms with Crippen molar-refractivity contribution in [2.45, 2.75) is 19.1 Å². The molecule has 0 amide bonds. The monoisotopic (exact) mass is 391 g/mol. The third kappa shape index (κ3) is 5.68. The Kier molecular flexibility index (Phi) is 6.70. The predicted octanol–water partition coefficient (Wildman–Crippen LogP) is 6.67. The largest absolute Gasteiger partial charge is 0.489 e. The molecule has 1 atom stereocenters. The van der Waals surface area contributed by atoms with Gasteiger partial charge < -0.3 is 4.74 Å². The van der Waals surface area contributed by atoms with E-state index in [9.17, 15) is 0 Å². The van der Waals surface area contributed by atoms with Crippen LogP contribution in [0.5, 0.6) is 5.75 Å². The van der Waals surface area contributed by atoms with Crippen molar-refractivity contribution in [2.24, 2.45) is 4.99 Å². The number of nitrogens with zero attached hydrogens (tertiary/aromatic N) is 1. The van der Waals surface area contributed by atoms with E-state index in [0.717, 1.165) is 23.3 Å². The fraction of sp³-hybridized carbons (Fsp3) is 0.107. The normalized spacial score (nSPS) is 12.0. The Morgan fingerprint density at radius 1 is 0.633 bits per heavy atom. The van der Waals surface area contributed by atoms with Crippen molar-refractivity contribution < 1.29 is 4.74 Å². The molecule has 0 N–H and O–H groups in total. The second-order valence-electron chi connectivity index (χ2n) is 7.24. The van der Waals surface area contributed by atoms with Crippen LogP contribution in [0.1, 0.15) is 28.3 Å². The van der Waals surface area contributed by atoms with Crippen molar-refractivity contribution in [3.05, 3.63) is 138 Å². The first-order valence-corrected chi connectivity index (χ1v) is 10.3. The van der Waals surface area contributed by atoms with E-state index in [4.69, 9.17) is 9.73 Å². The molecule has 0 saturated carbocycles. The van der Waals surface area contributed by atoms with E-state index in [-0.39, 0.29) is 6.04 Å². The van der Waals surface area contributed by atoms with E-state index >= 15 is 0 Å². The Hall–Kier alpha value is -3.65. The highest BCUT2D eigenvalue weighted by Gasteiger charge is 2.10. The van der Waals surface area contributed by atoms with Gasteiger partial charge in [-0.1, -0.05) is 91.0 Å². The quantitative estimate of drug-likeness (QED) is 0.307. The van der Waals surface area contributed by atoms with Crippen molar-refractivity contribution in [3.63, 3.8) is 0 Å². The molecule has 0 aromatic heterocycles. The molecule has 0 spiro atoms. The van der Waals surface area contributed by atoms with Gasteiger partial charge in [-0.2, -0.15) is 0 Å². The van der Waals surface area contributed by atoms with E-state index in [1.165, 1.54) is 11.1 Å². The van der Waals surface area contributed by atoms with Gasteiger partial charge in [-0.15, -0.1) is 0 Å². The average Bonchev–Trinajstić information content (AvgIpc) is 2.83. The molecule has 0 bridgehead atoms. The lowest BCUT2D eigenvalue weighted by atomic mass is 9.99. The smallest absolute Gasteiger partial charge is 0.119 e. The molecule has 0 radical (unpaired) electrons. The van der Waals surface area contributed by atoms with Crippen LogP contribution >= 0.6 is 0 Å². The summed E-state index contributed by atoms with van der Waals surface area (Å²) >= 11 is 0. The summed E-state index contributed by atoms with van der Waals surface area (Å²) in [5.41, 5.74) is 4.74. The molecule has 2 heteroatoms.